The lowest BCUT2D eigenvalue weighted by Crippen LogP contribution is -2.28. The van der Waals surface area contributed by atoms with Gasteiger partial charge in [0, 0.05) is 19.8 Å². The Balaban J connectivity index is 2.68. The number of nitrogens with one attached hydrogen (secondary N) is 1. The van der Waals surface area contributed by atoms with Crippen molar-refractivity contribution in [1.82, 2.24) is 15.2 Å². The van der Waals surface area contributed by atoms with Gasteiger partial charge in [0.2, 0.25) is 0 Å². The van der Waals surface area contributed by atoms with E-state index in [1.165, 1.54) is 4.90 Å². The third-order valence-corrected chi connectivity index (χ3v) is 2.66. The van der Waals surface area contributed by atoms with Crippen molar-refractivity contribution in [3.05, 3.63) is 51.2 Å². The lowest BCUT2D eigenvalue weighted by atomic mass is 10.3. The third kappa shape index (κ3) is 4.77. The zero-order chi connectivity index (χ0) is 13.5. The van der Waals surface area contributed by atoms with Crippen molar-refractivity contribution in [3.8, 4) is 0 Å². The molecule has 0 saturated carbocycles. The van der Waals surface area contributed by atoms with Crippen molar-refractivity contribution >= 4 is 23.2 Å². The van der Waals surface area contributed by atoms with Crippen LogP contribution in [0.25, 0.3) is 0 Å². The molecule has 0 fully saturated rings. The van der Waals surface area contributed by atoms with Crippen LogP contribution in [0.15, 0.2) is 30.4 Å². The molecule has 0 aliphatic rings. The molecule has 98 valence electrons. The topological polar surface area (TPSA) is 71.3 Å². The fourth-order valence-electron chi connectivity index (χ4n) is 1.15. The average molecular weight is 291 g/mol. The molecule has 0 spiro atoms. The summed E-state index contributed by atoms with van der Waals surface area (Å²) in [6.07, 6.45) is 2.46. The maximum atomic E-state index is 10.5. The predicted molar refractivity (Wildman–Crippen MR) is 69.6 cm³/mol. The summed E-state index contributed by atoms with van der Waals surface area (Å²) in [6.45, 7) is 0.394. The van der Waals surface area contributed by atoms with Gasteiger partial charge in [0.05, 0.1) is 10.9 Å². The Morgan fingerprint density at radius 3 is 2.89 bits per heavy atom. The van der Waals surface area contributed by atoms with Crippen molar-refractivity contribution in [3.63, 3.8) is 0 Å². The van der Waals surface area contributed by atoms with E-state index in [2.05, 4.69) is 10.3 Å². The van der Waals surface area contributed by atoms with Crippen molar-refractivity contribution in [2.75, 3.05) is 13.1 Å². The zero-order valence-corrected chi connectivity index (χ0v) is 11.1. The lowest BCUT2D eigenvalue weighted by Gasteiger charge is -2.18. The highest BCUT2D eigenvalue weighted by Gasteiger charge is 2.08. The van der Waals surface area contributed by atoms with Crippen LogP contribution < -0.4 is 5.32 Å². The fourth-order valence-corrected chi connectivity index (χ4v) is 1.39. The molecule has 0 aliphatic carbocycles. The van der Waals surface area contributed by atoms with Crippen molar-refractivity contribution < 1.29 is 4.92 Å². The number of pyridine rings is 1. The first-order valence-electron chi connectivity index (χ1n) is 4.99. The number of nitrogens with zero attached hydrogens (tertiary/aromatic N) is 3. The van der Waals surface area contributed by atoms with Gasteiger partial charge in [0.1, 0.15) is 5.15 Å². The summed E-state index contributed by atoms with van der Waals surface area (Å²) in [5.41, 5.74) is 0.858. The van der Waals surface area contributed by atoms with Crippen LogP contribution in [0.5, 0.6) is 0 Å². The summed E-state index contributed by atoms with van der Waals surface area (Å²) in [4.78, 5) is 15.4. The minimum absolute atomic E-state index is 0.144. The Kier molecular flexibility index (Phi) is 5.67. The highest BCUT2D eigenvalue weighted by molar-refractivity contribution is 6.29. The molecule has 1 N–H and O–H groups in total. The second-order valence-electron chi connectivity index (χ2n) is 3.46. The first-order valence-corrected chi connectivity index (χ1v) is 5.91. The molecule has 18 heavy (non-hydrogen) atoms. The highest BCUT2D eigenvalue weighted by Crippen LogP contribution is 2.06. The minimum Gasteiger partial charge on any atom is -0.362 e. The van der Waals surface area contributed by atoms with Gasteiger partial charge in [-0.15, -0.1) is 11.6 Å². The van der Waals surface area contributed by atoms with Gasteiger partial charge < -0.3 is 10.2 Å². The van der Waals surface area contributed by atoms with E-state index < -0.39 is 4.92 Å². The van der Waals surface area contributed by atoms with Crippen LogP contribution in [-0.2, 0) is 6.54 Å². The zero-order valence-electron chi connectivity index (χ0n) is 9.64. The van der Waals surface area contributed by atoms with Gasteiger partial charge in [-0.2, -0.15) is 0 Å². The van der Waals surface area contributed by atoms with Gasteiger partial charge in [0.15, 0.2) is 5.82 Å². The largest absolute Gasteiger partial charge is 0.362 e. The first-order chi connectivity index (χ1) is 8.52. The molecule has 0 bridgehead atoms. The molecule has 0 aromatic carbocycles. The molecule has 0 unspecified atom stereocenters. The number of alkyl halides is 1. The summed E-state index contributed by atoms with van der Waals surface area (Å²) < 4.78 is 0. The van der Waals surface area contributed by atoms with Crippen LogP contribution in [0, 0.1) is 10.1 Å². The van der Waals surface area contributed by atoms with Crippen molar-refractivity contribution in [2.24, 2.45) is 0 Å². The molecule has 0 aliphatic heterocycles. The van der Waals surface area contributed by atoms with E-state index in [0.717, 1.165) is 11.8 Å². The summed E-state index contributed by atoms with van der Waals surface area (Å²) in [5, 5.41) is 13.8. The summed E-state index contributed by atoms with van der Waals surface area (Å²) >= 11 is 11.3. The molecule has 0 atom stereocenters. The Labute approximate surface area is 114 Å². The number of hydrogen-bond donors (Lipinski definition) is 1. The number of rotatable bonds is 6. The van der Waals surface area contributed by atoms with Crippen molar-refractivity contribution in [1.29, 1.82) is 0 Å². The van der Waals surface area contributed by atoms with Gasteiger partial charge in [-0.25, -0.2) is 4.98 Å². The van der Waals surface area contributed by atoms with Gasteiger partial charge in [0.25, 0.3) is 6.20 Å². The SMILES string of the molecule is CN(CCl)C(=C[N+](=O)[O-])NCc1ccc(Cl)nc1. The van der Waals surface area contributed by atoms with E-state index in [1.54, 1.807) is 25.4 Å². The number of halogens is 2. The van der Waals surface area contributed by atoms with Crippen LogP contribution in [0.1, 0.15) is 5.56 Å². The van der Waals surface area contributed by atoms with Gasteiger partial charge in [-0.3, -0.25) is 10.1 Å². The summed E-state index contributed by atoms with van der Waals surface area (Å²) in [5.74, 6) is 0.324. The predicted octanol–water partition coefficient (Wildman–Crippen LogP) is 2.03. The Hall–Kier alpha value is -1.53. The van der Waals surface area contributed by atoms with Crippen LogP contribution in [-0.4, -0.2) is 27.9 Å². The van der Waals surface area contributed by atoms with Crippen LogP contribution >= 0.6 is 23.2 Å². The number of nitro groups is 1. The summed E-state index contributed by atoms with van der Waals surface area (Å²) in [6, 6.07) is 3.58. The molecule has 0 amide bonds. The van der Waals surface area contributed by atoms with E-state index in [9.17, 15) is 10.1 Å². The van der Waals surface area contributed by atoms with E-state index in [4.69, 9.17) is 23.2 Å². The standard InChI is InChI=1S/C10H12Cl2N4O2/c1-15(7-11)10(6-16(17)18)14-5-8-2-3-9(12)13-4-8/h2-4,6,14H,5,7H2,1H3. The molecular weight excluding hydrogens is 279 g/mol. The Morgan fingerprint density at radius 2 is 2.39 bits per heavy atom. The Bertz CT molecular complexity index is 436. The summed E-state index contributed by atoms with van der Waals surface area (Å²) in [7, 11) is 1.65. The third-order valence-electron chi connectivity index (χ3n) is 2.08. The van der Waals surface area contributed by atoms with Crippen LogP contribution in [0.4, 0.5) is 0 Å². The van der Waals surface area contributed by atoms with E-state index in [-0.39, 0.29) is 6.00 Å². The molecule has 0 radical (unpaired) electrons. The second-order valence-corrected chi connectivity index (χ2v) is 4.09. The molecule has 6 nitrogen and oxygen atoms in total. The molecule has 8 heteroatoms. The minimum atomic E-state index is -0.536. The van der Waals surface area contributed by atoms with E-state index >= 15 is 0 Å². The lowest BCUT2D eigenvalue weighted by molar-refractivity contribution is -0.404. The molecule has 1 aromatic rings. The first kappa shape index (κ1) is 14.5. The van der Waals surface area contributed by atoms with Crippen LogP contribution in [0.2, 0.25) is 5.15 Å². The molecular formula is C10H12Cl2N4O2. The number of aromatic nitrogens is 1. The van der Waals surface area contributed by atoms with Gasteiger partial charge in [-0.1, -0.05) is 17.7 Å². The Morgan fingerprint density at radius 1 is 1.67 bits per heavy atom. The molecule has 1 rings (SSSR count). The van der Waals surface area contributed by atoms with Gasteiger partial charge >= 0.3 is 0 Å². The quantitative estimate of drug-likeness (QED) is 0.285. The van der Waals surface area contributed by atoms with E-state index in [1.807, 2.05) is 0 Å². The van der Waals surface area contributed by atoms with E-state index in [0.29, 0.717) is 17.5 Å². The van der Waals surface area contributed by atoms with Crippen molar-refractivity contribution in [2.45, 2.75) is 6.54 Å². The average Bonchev–Trinajstić information content (AvgIpc) is 2.35. The molecule has 0 saturated heterocycles. The molecule has 1 heterocycles. The normalized spacial score (nSPS) is 11.2. The monoisotopic (exact) mass is 290 g/mol. The maximum absolute atomic E-state index is 10.5. The van der Waals surface area contributed by atoms with Crippen LogP contribution in [0.3, 0.4) is 0 Å². The smallest absolute Gasteiger partial charge is 0.274 e. The second kappa shape index (κ2) is 7.03. The number of hydrogen-bond acceptors (Lipinski definition) is 5. The molecule has 1 aromatic heterocycles. The highest BCUT2D eigenvalue weighted by atomic mass is 35.5. The maximum Gasteiger partial charge on any atom is 0.274 e. The van der Waals surface area contributed by atoms with Gasteiger partial charge in [-0.05, 0) is 11.6 Å². The fraction of sp³-hybridized carbons (Fsp3) is 0.300.